The van der Waals surface area contributed by atoms with Gasteiger partial charge in [-0.15, -0.1) is 0 Å². The molecule has 1 aliphatic carbocycles. The third-order valence-corrected chi connectivity index (χ3v) is 3.52. The second-order valence-corrected chi connectivity index (χ2v) is 4.69. The minimum atomic E-state index is -0.426. The van der Waals surface area contributed by atoms with Crippen molar-refractivity contribution in [2.24, 2.45) is 5.92 Å². The zero-order chi connectivity index (χ0) is 12.6. The molecule has 5 heteroatoms. The standard InChI is InChI=1S/C12H17N3O2/c1-8(9-3-4-9)14(2)12-6-5-10(15(16)17)7-11(12)13/h5-9H,3-4,13H2,1-2H3. The van der Waals surface area contributed by atoms with Crippen LogP contribution in [0.4, 0.5) is 17.1 Å². The van der Waals surface area contributed by atoms with Crippen molar-refractivity contribution in [1.29, 1.82) is 0 Å². The molecule has 0 radical (unpaired) electrons. The molecule has 0 amide bonds. The van der Waals surface area contributed by atoms with E-state index < -0.39 is 4.92 Å². The van der Waals surface area contributed by atoms with Gasteiger partial charge in [0, 0.05) is 25.2 Å². The van der Waals surface area contributed by atoms with Gasteiger partial charge in [0.1, 0.15) is 0 Å². The van der Waals surface area contributed by atoms with Crippen LogP contribution < -0.4 is 10.6 Å². The highest BCUT2D eigenvalue weighted by molar-refractivity contribution is 5.70. The number of non-ortho nitro benzene ring substituents is 1. The Kier molecular flexibility index (Phi) is 2.92. The van der Waals surface area contributed by atoms with Gasteiger partial charge in [-0.1, -0.05) is 0 Å². The van der Waals surface area contributed by atoms with Crippen LogP contribution in [0.3, 0.4) is 0 Å². The van der Waals surface area contributed by atoms with Crippen molar-refractivity contribution in [2.75, 3.05) is 17.7 Å². The van der Waals surface area contributed by atoms with Crippen LogP contribution in [-0.2, 0) is 0 Å². The Morgan fingerprint density at radius 1 is 1.53 bits per heavy atom. The van der Waals surface area contributed by atoms with Crippen LogP contribution in [-0.4, -0.2) is 18.0 Å². The fraction of sp³-hybridized carbons (Fsp3) is 0.500. The molecule has 1 saturated carbocycles. The number of anilines is 2. The molecule has 0 heterocycles. The van der Waals surface area contributed by atoms with Gasteiger partial charge in [0.25, 0.3) is 5.69 Å². The minimum Gasteiger partial charge on any atom is -0.397 e. The molecule has 1 aromatic carbocycles. The van der Waals surface area contributed by atoms with Crippen molar-refractivity contribution in [1.82, 2.24) is 0 Å². The van der Waals surface area contributed by atoms with E-state index in [0.717, 1.165) is 11.6 Å². The van der Waals surface area contributed by atoms with E-state index in [9.17, 15) is 10.1 Å². The summed E-state index contributed by atoms with van der Waals surface area (Å²) in [6.07, 6.45) is 2.52. The van der Waals surface area contributed by atoms with Crippen molar-refractivity contribution in [2.45, 2.75) is 25.8 Å². The highest BCUT2D eigenvalue weighted by atomic mass is 16.6. The lowest BCUT2D eigenvalue weighted by atomic mass is 10.1. The lowest BCUT2D eigenvalue weighted by Gasteiger charge is -2.28. The molecule has 17 heavy (non-hydrogen) atoms. The molecular formula is C12H17N3O2. The van der Waals surface area contributed by atoms with Gasteiger partial charge in [0.2, 0.25) is 0 Å². The summed E-state index contributed by atoms with van der Waals surface area (Å²) in [6.45, 7) is 2.17. The molecule has 1 fully saturated rings. The monoisotopic (exact) mass is 235 g/mol. The van der Waals surface area contributed by atoms with Crippen LogP contribution in [0.15, 0.2) is 18.2 Å². The molecule has 2 rings (SSSR count). The molecule has 2 N–H and O–H groups in total. The van der Waals surface area contributed by atoms with E-state index in [1.807, 2.05) is 7.05 Å². The lowest BCUT2D eigenvalue weighted by molar-refractivity contribution is -0.384. The van der Waals surface area contributed by atoms with Crippen molar-refractivity contribution in [3.05, 3.63) is 28.3 Å². The molecule has 1 unspecified atom stereocenters. The number of hydrogen-bond acceptors (Lipinski definition) is 4. The molecular weight excluding hydrogens is 218 g/mol. The van der Waals surface area contributed by atoms with E-state index >= 15 is 0 Å². The first-order chi connectivity index (χ1) is 8.00. The van der Waals surface area contributed by atoms with Crippen molar-refractivity contribution in [3.63, 3.8) is 0 Å². The highest BCUT2D eigenvalue weighted by Gasteiger charge is 2.31. The van der Waals surface area contributed by atoms with E-state index in [2.05, 4.69) is 11.8 Å². The maximum Gasteiger partial charge on any atom is 0.271 e. The van der Waals surface area contributed by atoms with E-state index in [-0.39, 0.29) is 5.69 Å². The first-order valence-electron chi connectivity index (χ1n) is 5.77. The third kappa shape index (κ3) is 2.33. The summed E-state index contributed by atoms with van der Waals surface area (Å²) in [6, 6.07) is 5.08. The first kappa shape index (κ1) is 11.7. The molecule has 5 nitrogen and oxygen atoms in total. The summed E-state index contributed by atoms with van der Waals surface area (Å²) in [7, 11) is 1.99. The number of nitro benzene ring substituents is 1. The minimum absolute atomic E-state index is 0.0405. The maximum atomic E-state index is 10.6. The number of nitrogens with zero attached hydrogens (tertiary/aromatic N) is 2. The molecule has 0 spiro atoms. The Morgan fingerprint density at radius 2 is 2.18 bits per heavy atom. The fourth-order valence-corrected chi connectivity index (χ4v) is 2.09. The van der Waals surface area contributed by atoms with Gasteiger partial charge in [0.15, 0.2) is 0 Å². The van der Waals surface area contributed by atoms with E-state index in [1.54, 1.807) is 6.07 Å². The predicted molar refractivity (Wildman–Crippen MR) is 68.1 cm³/mol. The summed E-state index contributed by atoms with van der Waals surface area (Å²) < 4.78 is 0. The predicted octanol–water partition coefficient (Wildman–Crippen LogP) is 2.41. The average molecular weight is 235 g/mol. The Bertz CT molecular complexity index is 443. The Morgan fingerprint density at radius 3 is 2.65 bits per heavy atom. The van der Waals surface area contributed by atoms with Crippen LogP contribution in [0.5, 0.6) is 0 Å². The maximum absolute atomic E-state index is 10.6. The van der Waals surface area contributed by atoms with Crippen molar-refractivity contribution in [3.8, 4) is 0 Å². The molecule has 1 aliphatic rings. The van der Waals surface area contributed by atoms with Gasteiger partial charge in [-0.3, -0.25) is 10.1 Å². The van der Waals surface area contributed by atoms with Gasteiger partial charge in [0.05, 0.1) is 16.3 Å². The van der Waals surface area contributed by atoms with Gasteiger partial charge < -0.3 is 10.6 Å². The Labute approximate surface area is 100 Å². The quantitative estimate of drug-likeness (QED) is 0.494. The SMILES string of the molecule is CC(C1CC1)N(C)c1ccc([N+](=O)[O-])cc1N. The third-order valence-electron chi connectivity index (χ3n) is 3.52. The smallest absolute Gasteiger partial charge is 0.271 e. The number of hydrogen-bond donors (Lipinski definition) is 1. The molecule has 0 bridgehead atoms. The topological polar surface area (TPSA) is 72.4 Å². The van der Waals surface area contributed by atoms with Crippen LogP contribution in [0, 0.1) is 16.0 Å². The van der Waals surface area contributed by atoms with Crippen LogP contribution in [0.1, 0.15) is 19.8 Å². The number of nitrogen functional groups attached to an aromatic ring is 1. The normalized spacial score (nSPS) is 16.6. The molecule has 0 aromatic heterocycles. The molecule has 1 atom stereocenters. The van der Waals surface area contributed by atoms with Gasteiger partial charge >= 0.3 is 0 Å². The number of benzene rings is 1. The molecule has 1 aromatic rings. The summed E-state index contributed by atoms with van der Waals surface area (Å²) >= 11 is 0. The Balaban J connectivity index is 2.23. The second kappa shape index (κ2) is 4.24. The first-order valence-corrected chi connectivity index (χ1v) is 5.77. The summed E-state index contributed by atoms with van der Waals surface area (Å²) in [5, 5.41) is 10.6. The van der Waals surface area contributed by atoms with Gasteiger partial charge in [-0.25, -0.2) is 0 Å². The van der Waals surface area contributed by atoms with E-state index in [4.69, 9.17) is 5.73 Å². The van der Waals surface area contributed by atoms with Gasteiger partial charge in [-0.05, 0) is 31.7 Å². The largest absolute Gasteiger partial charge is 0.397 e. The van der Waals surface area contributed by atoms with E-state index in [0.29, 0.717) is 11.7 Å². The van der Waals surface area contributed by atoms with Crippen LogP contribution >= 0.6 is 0 Å². The molecule has 0 saturated heterocycles. The fourth-order valence-electron chi connectivity index (χ4n) is 2.09. The second-order valence-electron chi connectivity index (χ2n) is 4.69. The Hall–Kier alpha value is -1.78. The highest BCUT2D eigenvalue weighted by Crippen LogP contribution is 2.38. The van der Waals surface area contributed by atoms with Crippen LogP contribution in [0.2, 0.25) is 0 Å². The molecule has 92 valence electrons. The average Bonchev–Trinajstić information content (AvgIpc) is 3.10. The summed E-state index contributed by atoms with van der Waals surface area (Å²) in [5.41, 5.74) is 7.25. The number of rotatable bonds is 4. The summed E-state index contributed by atoms with van der Waals surface area (Å²) in [5.74, 6) is 0.731. The number of nitrogens with two attached hydrogens (primary N) is 1. The van der Waals surface area contributed by atoms with Gasteiger partial charge in [-0.2, -0.15) is 0 Å². The lowest BCUT2D eigenvalue weighted by Crippen LogP contribution is -2.31. The zero-order valence-electron chi connectivity index (χ0n) is 10.1. The molecule has 0 aliphatic heterocycles. The van der Waals surface area contributed by atoms with Crippen LogP contribution in [0.25, 0.3) is 0 Å². The van der Waals surface area contributed by atoms with Crippen molar-refractivity contribution < 1.29 is 4.92 Å². The van der Waals surface area contributed by atoms with Crippen molar-refractivity contribution >= 4 is 17.1 Å². The summed E-state index contributed by atoms with van der Waals surface area (Å²) in [4.78, 5) is 12.3. The zero-order valence-corrected chi connectivity index (χ0v) is 10.1. The number of nitro groups is 1. The van der Waals surface area contributed by atoms with E-state index in [1.165, 1.54) is 25.0 Å².